The number of nitrogens with one attached hydrogen (secondary N) is 2. The van der Waals surface area contributed by atoms with Gasteiger partial charge in [0.2, 0.25) is 5.95 Å². The average molecular weight is 501 g/mol. The van der Waals surface area contributed by atoms with E-state index in [0.29, 0.717) is 27.7 Å². The van der Waals surface area contributed by atoms with Gasteiger partial charge in [0.05, 0.1) is 22.0 Å². The second-order valence-corrected chi connectivity index (χ2v) is 8.34. The van der Waals surface area contributed by atoms with E-state index in [1.54, 1.807) is 49.4 Å². The van der Waals surface area contributed by atoms with Crippen LogP contribution in [0, 0.1) is 17.0 Å². The number of rotatable bonds is 6. The minimum Gasteiger partial charge on any atom is -0.275 e. The zero-order valence-corrected chi connectivity index (χ0v) is 20.2. The number of urea groups is 1. The Labute approximate surface area is 212 Å². The van der Waals surface area contributed by atoms with Gasteiger partial charge in [0.25, 0.3) is 5.69 Å². The highest BCUT2D eigenvalue weighted by Gasteiger charge is 2.13. The first-order chi connectivity index (χ1) is 17.3. The van der Waals surface area contributed by atoms with Gasteiger partial charge in [-0.05, 0) is 49.7 Å². The predicted molar refractivity (Wildman–Crippen MR) is 140 cm³/mol. The van der Waals surface area contributed by atoms with Gasteiger partial charge in [-0.15, -0.1) is 0 Å². The number of nitro benzene ring substituents is 1. The third-order valence-electron chi connectivity index (χ3n) is 5.26. The van der Waals surface area contributed by atoms with Crippen molar-refractivity contribution in [2.75, 3.05) is 5.32 Å². The summed E-state index contributed by atoms with van der Waals surface area (Å²) in [5, 5.41) is 18.3. The second kappa shape index (κ2) is 10.7. The molecule has 10 heteroatoms. The third kappa shape index (κ3) is 6.08. The summed E-state index contributed by atoms with van der Waals surface area (Å²) in [6.07, 6.45) is 0. The highest BCUT2D eigenvalue weighted by molar-refractivity contribution is 6.30. The molecule has 0 aliphatic carbocycles. The van der Waals surface area contributed by atoms with Gasteiger partial charge in [0.15, 0.2) is 0 Å². The van der Waals surface area contributed by atoms with Crippen LogP contribution in [0.2, 0.25) is 5.02 Å². The molecule has 36 heavy (non-hydrogen) atoms. The fourth-order valence-corrected chi connectivity index (χ4v) is 3.42. The number of anilines is 1. The van der Waals surface area contributed by atoms with Crippen molar-refractivity contribution in [3.8, 4) is 22.5 Å². The fraction of sp³-hybridized carbons (Fsp3) is 0.0769. The molecule has 0 unspecified atom stereocenters. The number of hydrazone groups is 1. The Bertz CT molecular complexity index is 1440. The third-order valence-corrected chi connectivity index (χ3v) is 5.51. The van der Waals surface area contributed by atoms with Crippen LogP contribution in [0.5, 0.6) is 0 Å². The molecule has 0 atom stereocenters. The zero-order chi connectivity index (χ0) is 25.7. The summed E-state index contributed by atoms with van der Waals surface area (Å²) in [4.78, 5) is 32.0. The molecule has 1 aromatic heterocycles. The lowest BCUT2D eigenvalue weighted by molar-refractivity contribution is -0.384. The van der Waals surface area contributed by atoms with Gasteiger partial charge in [-0.25, -0.2) is 20.2 Å². The summed E-state index contributed by atoms with van der Waals surface area (Å²) in [7, 11) is 0. The van der Waals surface area contributed by atoms with E-state index in [0.717, 1.165) is 16.7 Å². The normalized spacial score (nSPS) is 11.1. The fourth-order valence-electron chi connectivity index (χ4n) is 3.30. The summed E-state index contributed by atoms with van der Waals surface area (Å²) < 4.78 is 0. The van der Waals surface area contributed by atoms with E-state index in [9.17, 15) is 14.9 Å². The Morgan fingerprint density at radius 1 is 0.917 bits per heavy atom. The average Bonchev–Trinajstić information content (AvgIpc) is 2.88. The molecule has 4 aromatic rings. The summed E-state index contributed by atoms with van der Waals surface area (Å²) in [6.45, 7) is 3.78. The molecule has 0 aliphatic heterocycles. The highest BCUT2D eigenvalue weighted by Crippen LogP contribution is 2.27. The van der Waals surface area contributed by atoms with Crippen LogP contribution < -0.4 is 10.7 Å². The molecule has 0 bridgehead atoms. The standard InChI is InChI=1S/C26H21ClN6O3/c1-16-3-5-18(6-4-16)17(2)31-32-26(34)30-25-28-23(19-7-11-21(27)12-8-19)15-24(29-25)20-9-13-22(14-10-20)33(35)36/h3-15H,1-2H3,(H2,28,29,30,32,34)/b31-17-. The molecule has 0 saturated heterocycles. The Kier molecular flexibility index (Phi) is 7.31. The number of nitro groups is 1. The lowest BCUT2D eigenvalue weighted by atomic mass is 10.1. The molecule has 1 heterocycles. The first kappa shape index (κ1) is 24.5. The zero-order valence-electron chi connectivity index (χ0n) is 19.4. The largest absolute Gasteiger partial charge is 0.342 e. The van der Waals surface area contributed by atoms with E-state index in [1.165, 1.54) is 12.1 Å². The van der Waals surface area contributed by atoms with Crippen molar-refractivity contribution in [1.82, 2.24) is 15.4 Å². The quantitative estimate of drug-likeness (QED) is 0.185. The molecule has 0 radical (unpaired) electrons. The monoisotopic (exact) mass is 500 g/mol. The number of aromatic nitrogens is 2. The summed E-state index contributed by atoms with van der Waals surface area (Å²) in [5.41, 5.74) is 7.43. The van der Waals surface area contributed by atoms with Gasteiger partial charge in [-0.2, -0.15) is 5.10 Å². The van der Waals surface area contributed by atoms with Gasteiger partial charge in [0, 0.05) is 28.3 Å². The van der Waals surface area contributed by atoms with Gasteiger partial charge >= 0.3 is 6.03 Å². The van der Waals surface area contributed by atoms with Crippen LogP contribution in [0.4, 0.5) is 16.4 Å². The van der Waals surface area contributed by atoms with Crippen LogP contribution in [0.3, 0.4) is 0 Å². The molecule has 9 nitrogen and oxygen atoms in total. The van der Waals surface area contributed by atoms with Crippen LogP contribution in [0.1, 0.15) is 18.1 Å². The van der Waals surface area contributed by atoms with E-state index < -0.39 is 11.0 Å². The minimum atomic E-state index is -0.621. The van der Waals surface area contributed by atoms with Crippen molar-refractivity contribution in [3.63, 3.8) is 0 Å². The minimum absolute atomic E-state index is 0.0368. The van der Waals surface area contributed by atoms with Gasteiger partial charge < -0.3 is 0 Å². The van der Waals surface area contributed by atoms with Gasteiger partial charge in [0.1, 0.15) is 0 Å². The number of carbonyl (C=O) groups excluding carboxylic acids is 1. The Morgan fingerprint density at radius 2 is 1.47 bits per heavy atom. The van der Waals surface area contributed by atoms with E-state index >= 15 is 0 Å². The predicted octanol–water partition coefficient (Wildman–Crippen LogP) is 6.23. The van der Waals surface area contributed by atoms with Crippen molar-refractivity contribution >= 4 is 35.0 Å². The van der Waals surface area contributed by atoms with Crippen LogP contribution >= 0.6 is 11.6 Å². The number of carbonyl (C=O) groups is 1. The van der Waals surface area contributed by atoms with Crippen molar-refractivity contribution in [2.24, 2.45) is 5.10 Å². The SMILES string of the molecule is C/C(=N/NC(=O)Nc1nc(-c2ccc(Cl)cc2)cc(-c2ccc([N+](=O)[O-])cc2)n1)c1ccc(C)cc1. The number of aryl methyl sites for hydroxylation is 1. The maximum absolute atomic E-state index is 12.6. The maximum Gasteiger partial charge on any atom is 0.342 e. The maximum atomic E-state index is 12.6. The number of hydrogen-bond donors (Lipinski definition) is 2. The molecule has 0 spiro atoms. The molecule has 0 saturated carbocycles. The van der Waals surface area contributed by atoms with Crippen LogP contribution in [-0.4, -0.2) is 26.6 Å². The van der Waals surface area contributed by atoms with Crippen LogP contribution in [0.25, 0.3) is 22.5 Å². The van der Waals surface area contributed by atoms with E-state index in [4.69, 9.17) is 11.6 Å². The van der Waals surface area contributed by atoms with Crippen molar-refractivity contribution in [3.05, 3.63) is 105 Å². The van der Waals surface area contributed by atoms with E-state index in [1.807, 2.05) is 31.2 Å². The first-order valence-corrected chi connectivity index (χ1v) is 11.2. The van der Waals surface area contributed by atoms with Gasteiger partial charge in [-0.3, -0.25) is 15.4 Å². The molecular formula is C26H21ClN6O3. The Morgan fingerprint density at radius 3 is 2.03 bits per heavy atom. The molecule has 0 fully saturated rings. The molecule has 2 amide bonds. The molecule has 3 aromatic carbocycles. The number of halogens is 1. The highest BCUT2D eigenvalue weighted by atomic mass is 35.5. The summed E-state index contributed by atoms with van der Waals surface area (Å²) in [5.74, 6) is 0.0384. The molecule has 180 valence electrons. The van der Waals surface area contributed by atoms with Gasteiger partial charge in [-0.1, -0.05) is 53.6 Å². The lowest BCUT2D eigenvalue weighted by Crippen LogP contribution is -2.26. The number of nitrogens with zero attached hydrogens (tertiary/aromatic N) is 4. The number of hydrogen-bond acceptors (Lipinski definition) is 6. The summed E-state index contributed by atoms with van der Waals surface area (Å²) in [6, 6.07) is 21.9. The molecule has 0 aliphatic rings. The van der Waals surface area contributed by atoms with Crippen LogP contribution in [-0.2, 0) is 0 Å². The Balaban J connectivity index is 1.61. The lowest BCUT2D eigenvalue weighted by Gasteiger charge is -2.10. The molecule has 4 rings (SSSR count). The van der Waals surface area contributed by atoms with Crippen molar-refractivity contribution < 1.29 is 9.72 Å². The topological polar surface area (TPSA) is 122 Å². The molecule has 2 N–H and O–H groups in total. The Hall–Kier alpha value is -4.63. The number of amides is 2. The molecular weight excluding hydrogens is 480 g/mol. The smallest absolute Gasteiger partial charge is 0.275 e. The van der Waals surface area contributed by atoms with Crippen LogP contribution in [0.15, 0.2) is 84.0 Å². The van der Waals surface area contributed by atoms with E-state index in [-0.39, 0.29) is 11.6 Å². The van der Waals surface area contributed by atoms with Crippen molar-refractivity contribution in [1.29, 1.82) is 0 Å². The number of benzene rings is 3. The second-order valence-electron chi connectivity index (χ2n) is 7.90. The summed E-state index contributed by atoms with van der Waals surface area (Å²) >= 11 is 6.01. The first-order valence-electron chi connectivity index (χ1n) is 10.9. The van der Waals surface area contributed by atoms with Crippen molar-refractivity contribution in [2.45, 2.75) is 13.8 Å². The van der Waals surface area contributed by atoms with E-state index in [2.05, 4.69) is 25.8 Å². The number of non-ortho nitro benzene ring substituents is 1.